The zero-order valence-electron chi connectivity index (χ0n) is 23.8. The van der Waals surface area contributed by atoms with Crippen LogP contribution in [-0.4, -0.2) is 66.6 Å². The van der Waals surface area contributed by atoms with E-state index >= 15 is 0 Å². The number of aryl methyl sites for hydroxylation is 3. The zero-order valence-corrected chi connectivity index (χ0v) is 24.6. The molecule has 4 N–H and O–H groups in total. The van der Waals surface area contributed by atoms with Gasteiger partial charge in [0.25, 0.3) is 10.0 Å². The van der Waals surface area contributed by atoms with E-state index in [0.29, 0.717) is 43.7 Å². The molecule has 1 heterocycles. The van der Waals surface area contributed by atoms with Crippen LogP contribution in [0.15, 0.2) is 77.7 Å². The van der Waals surface area contributed by atoms with Crippen molar-refractivity contribution in [2.24, 2.45) is 5.73 Å². The average Bonchev–Trinajstić information content (AvgIpc) is 3.34. The Labute approximate surface area is 242 Å². The van der Waals surface area contributed by atoms with Crippen molar-refractivity contribution in [3.63, 3.8) is 0 Å². The number of aliphatic hydroxyl groups is 1. The van der Waals surface area contributed by atoms with Crippen molar-refractivity contribution in [1.29, 1.82) is 5.41 Å². The predicted molar refractivity (Wildman–Crippen MR) is 165 cm³/mol. The van der Waals surface area contributed by atoms with E-state index in [1.807, 2.05) is 48.5 Å². The second-order valence-electron chi connectivity index (χ2n) is 9.96. The monoisotopic (exact) mass is 576 g/mol. The van der Waals surface area contributed by atoms with Gasteiger partial charge in [0.05, 0.1) is 21.6 Å². The van der Waals surface area contributed by atoms with Gasteiger partial charge in [-0.1, -0.05) is 56.3 Å². The molecule has 3 aromatic carbocycles. The summed E-state index contributed by atoms with van der Waals surface area (Å²) in [5, 5.41) is 17.1. The van der Waals surface area contributed by atoms with Gasteiger partial charge >= 0.3 is 0 Å². The van der Waals surface area contributed by atoms with Crippen LogP contribution in [0, 0.1) is 5.41 Å². The smallest absolute Gasteiger partial charge is 0.264 e. The number of benzene rings is 3. The summed E-state index contributed by atoms with van der Waals surface area (Å²) in [6.45, 7) is 7.43. The molecule has 0 aliphatic carbocycles. The number of nitrogens with one attached hydrogen (secondary N) is 1. The number of likely N-dealkylation sites (N-methyl/N-ethyl adjacent to an activating group) is 1. The maximum Gasteiger partial charge on any atom is 0.264 e. The lowest BCUT2D eigenvalue weighted by atomic mass is 10.1. The van der Waals surface area contributed by atoms with Gasteiger partial charge < -0.3 is 20.3 Å². The van der Waals surface area contributed by atoms with Gasteiger partial charge in [0.15, 0.2) is 0 Å². The van der Waals surface area contributed by atoms with Crippen molar-refractivity contribution in [3.8, 4) is 0 Å². The van der Waals surface area contributed by atoms with E-state index in [0.717, 1.165) is 41.9 Å². The molecule has 41 heavy (non-hydrogen) atoms. The molecule has 0 saturated carbocycles. The van der Waals surface area contributed by atoms with Crippen LogP contribution in [0.25, 0.3) is 11.0 Å². The van der Waals surface area contributed by atoms with Crippen LogP contribution < -0.4 is 10.0 Å². The Hall–Kier alpha value is -3.73. The Morgan fingerprint density at radius 2 is 1.68 bits per heavy atom. The normalized spacial score (nSPS) is 11.8. The molecule has 0 bridgehead atoms. The second kappa shape index (κ2) is 13.8. The Balaban J connectivity index is 1.69. The first kappa shape index (κ1) is 30.2. The Morgan fingerprint density at radius 3 is 2.32 bits per heavy atom. The van der Waals surface area contributed by atoms with E-state index in [1.165, 1.54) is 4.31 Å². The molecule has 0 spiro atoms. The second-order valence-corrected chi connectivity index (χ2v) is 11.8. The Morgan fingerprint density at radius 1 is 0.976 bits per heavy atom. The minimum atomic E-state index is -3.79. The molecular formula is C31H40N6O3S. The van der Waals surface area contributed by atoms with E-state index in [9.17, 15) is 13.5 Å². The van der Waals surface area contributed by atoms with E-state index in [2.05, 4.69) is 23.3 Å². The molecule has 4 rings (SSSR count). The summed E-state index contributed by atoms with van der Waals surface area (Å²) in [4.78, 5) is 7.41. The molecule has 9 nitrogen and oxygen atoms in total. The molecule has 1 aromatic heterocycles. The molecule has 0 radical (unpaired) electrons. The van der Waals surface area contributed by atoms with Crippen molar-refractivity contribution in [2.45, 2.75) is 44.6 Å². The largest absolute Gasteiger partial charge is 0.396 e. The quantitative estimate of drug-likeness (QED) is 0.145. The molecule has 0 unspecified atom stereocenters. The molecule has 0 fully saturated rings. The van der Waals surface area contributed by atoms with E-state index in [1.54, 1.807) is 24.3 Å². The number of imidazole rings is 1. The van der Waals surface area contributed by atoms with E-state index < -0.39 is 10.0 Å². The fourth-order valence-electron chi connectivity index (χ4n) is 4.98. The number of amidine groups is 1. The predicted octanol–water partition coefficient (Wildman–Crippen LogP) is 4.03. The third-order valence-electron chi connectivity index (χ3n) is 7.39. The highest BCUT2D eigenvalue weighted by atomic mass is 32.2. The van der Waals surface area contributed by atoms with Crippen LogP contribution in [0.5, 0.6) is 0 Å². The van der Waals surface area contributed by atoms with Gasteiger partial charge in [-0.15, -0.1) is 0 Å². The topological polar surface area (TPSA) is 129 Å². The summed E-state index contributed by atoms with van der Waals surface area (Å²) in [5.74, 6) is 0.917. The summed E-state index contributed by atoms with van der Waals surface area (Å²) < 4.78 is 31.3. The van der Waals surface area contributed by atoms with Crippen LogP contribution in [0.3, 0.4) is 0 Å². The van der Waals surface area contributed by atoms with Crippen molar-refractivity contribution in [2.75, 3.05) is 37.1 Å². The number of aliphatic hydroxyl groups excluding tert-OH is 1. The summed E-state index contributed by atoms with van der Waals surface area (Å²) in [7, 11) is -3.79. The van der Waals surface area contributed by atoms with Gasteiger partial charge in [0.1, 0.15) is 11.7 Å². The highest BCUT2D eigenvalue weighted by Crippen LogP contribution is 2.28. The lowest BCUT2D eigenvalue weighted by Crippen LogP contribution is -2.38. The molecule has 0 aliphatic heterocycles. The van der Waals surface area contributed by atoms with Gasteiger partial charge in [-0.05, 0) is 61.8 Å². The van der Waals surface area contributed by atoms with Crippen LogP contribution in [0.1, 0.15) is 37.2 Å². The summed E-state index contributed by atoms with van der Waals surface area (Å²) in [6, 6.07) is 21.8. The molecule has 0 aliphatic rings. The summed E-state index contributed by atoms with van der Waals surface area (Å²) >= 11 is 0. The van der Waals surface area contributed by atoms with Gasteiger partial charge in [-0.25, -0.2) is 13.4 Å². The first-order valence-electron chi connectivity index (χ1n) is 14.1. The Bertz CT molecular complexity index is 1550. The standard InChI is InChI=1S/C31H40N6O3S/c1-3-35(4-2)20-21-37(41(39,40)27-9-6-5-7-10-27)26-16-17-29-28(23-26)34-30(36(29)19-8-22-38)18-13-24-11-14-25(15-12-24)31(32)33/h5-7,9-12,14-17,23,38H,3-4,8,13,18-22H2,1-2H3,(H3,32,33). The Kier molecular flexibility index (Phi) is 10.1. The number of nitrogens with two attached hydrogens (primary N) is 1. The van der Waals surface area contributed by atoms with Crippen molar-refractivity contribution in [3.05, 3.63) is 89.7 Å². The molecule has 0 atom stereocenters. The van der Waals surface area contributed by atoms with Gasteiger partial charge in [0, 0.05) is 38.2 Å². The first-order valence-corrected chi connectivity index (χ1v) is 15.6. The number of nitrogen functional groups attached to an aromatic ring is 1. The maximum atomic E-state index is 13.8. The van der Waals surface area contributed by atoms with Gasteiger partial charge in [-0.2, -0.15) is 0 Å². The number of anilines is 1. The van der Waals surface area contributed by atoms with E-state index in [-0.39, 0.29) is 17.3 Å². The lowest BCUT2D eigenvalue weighted by molar-refractivity contribution is 0.280. The highest BCUT2D eigenvalue weighted by molar-refractivity contribution is 7.92. The first-order chi connectivity index (χ1) is 19.8. The average molecular weight is 577 g/mol. The summed E-state index contributed by atoms with van der Waals surface area (Å²) in [6.07, 6.45) is 2.00. The molecule has 0 saturated heterocycles. The minimum absolute atomic E-state index is 0.0403. The summed E-state index contributed by atoms with van der Waals surface area (Å²) in [5.41, 5.74) is 9.58. The van der Waals surface area contributed by atoms with Crippen LogP contribution in [0.4, 0.5) is 5.69 Å². The SMILES string of the molecule is CCN(CC)CCN(c1ccc2c(c1)nc(CCc1ccc(C(=N)N)cc1)n2CCCO)S(=O)(=O)c1ccccc1. The molecule has 218 valence electrons. The van der Waals surface area contributed by atoms with Crippen LogP contribution >= 0.6 is 0 Å². The third kappa shape index (κ3) is 7.13. The van der Waals surface area contributed by atoms with E-state index in [4.69, 9.17) is 16.1 Å². The fourth-order valence-corrected chi connectivity index (χ4v) is 6.45. The third-order valence-corrected chi connectivity index (χ3v) is 9.23. The number of sulfonamides is 1. The number of nitrogens with zero attached hydrogens (tertiary/aromatic N) is 4. The van der Waals surface area contributed by atoms with Gasteiger partial charge in [0.2, 0.25) is 0 Å². The number of rotatable bonds is 15. The van der Waals surface area contributed by atoms with Crippen molar-refractivity contribution in [1.82, 2.24) is 14.5 Å². The van der Waals surface area contributed by atoms with Crippen LogP contribution in [0.2, 0.25) is 0 Å². The number of hydrogen-bond acceptors (Lipinski definition) is 6. The molecule has 0 amide bonds. The van der Waals surface area contributed by atoms with Gasteiger partial charge in [-0.3, -0.25) is 9.71 Å². The number of aromatic nitrogens is 2. The maximum absolute atomic E-state index is 13.8. The minimum Gasteiger partial charge on any atom is -0.396 e. The number of fused-ring (bicyclic) bond motifs is 1. The van der Waals surface area contributed by atoms with Crippen molar-refractivity contribution >= 4 is 32.6 Å². The van der Waals surface area contributed by atoms with Crippen molar-refractivity contribution < 1.29 is 13.5 Å². The zero-order chi connectivity index (χ0) is 29.4. The molecule has 10 heteroatoms. The number of hydrogen-bond donors (Lipinski definition) is 3. The fraction of sp³-hybridized carbons (Fsp3) is 0.355. The molecule has 4 aromatic rings. The molecular weight excluding hydrogens is 536 g/mol. The lowest BCUT2D eigenvalue weighted by Gasteiger charge is -2.27. The highest BCUT2D eigenvalue weighted by Gasteiger charge is 2.26. The van der Waals surface area contributed by atoms with Crippen LogP contribution in [-0.2, 0) is 29.4 Å².